The highest BCUT2D eigenvalue weighted by Gasteiger charge is 2.28. The van der Waals surface area contributed by atoms with Gasteiger partial charge in [0.15, 0.2) is 0 Å². The molecule has 3 aromatic carbocycles. The first-order valence-electron chi connectivity index (χ1n) is 9.70. The molecule has 3 aromatic rings. The van der Waals surface area contributed by atoms with E-state index in [1.54, 1.807) is 50.3 Å². The molecule has 8 heteroatoms. The van der Waals surface area contributed by atoms with Gasteiger partial charge in [0.05, 0.1) is 22.7 Å². The second-order valence-electron chi connectivity index (χ2n) is 6.94. The van der Waals surface area contributed by atoms with Crippen LogP contribution in [0.3, 0.4) is 0 Å². The maximum atomic E-state index is 11.2. The number of nitrogens with zero attached hydrogens (tertiary/aromatic N) is 4. The molecule has 0 atom stereocenters. The second-order valence-corrected chi connectivity index (χ2v) is 6.94. The smallest absolute Gasteiger partial charge is 0.211 e. The van der Waals surface area contributed by atoms with Gasteiger partial charge in [0, 0.05) is 5.92 Å². The van der Waals surface area contributed by atoms with Gasteiger partial charge in [-0.25, -0.2) is 19.2 Å². The summed E-state index contributed by atoms with van der Waals surface area (Å²) in [6.07, 6.45) is 6.18. The molecule has 0 aliphatic carbocycles. The zero-order chi connectivity index (χ0) is 23.8. The van der Waals surface area contributed by atoms with E-state index < -0.39 is 5.92 Å². The van der Waals surface area contributed by atoms with E-state index in [1.807, 2.05) is 30.3 Å². The van der Waals surface area contributed by atoms with Crippen molar-refractivity contribution < 1.29 is 19.2 Å². The van der Waals surface area contributed by atoms with E-state index >= 15 is 0 Å². The van der Waals surface area contributed by atoms with Crippen LogP contribution in [0.25, 0.3) is 0 Å². The number of rotatable bonds is 7. The van der Waals surface area contributed by atoms with Crippen LogP contribution >= 0.6 is 0 Å². The minimum atomic E-state index is -0.631. The minimum absolute atomic E-state index is 0.297. The Morgan fingerprint density at radius 1 is 0.545 bits per heavy atom. The maximum absolute atomic E-state index is 11.2. The SMILES string of the molecule is Cc1c(N=C=O)ccc(N=C=O)c1C(c1ccccc1)c1c(N=C=O)ccc(N=C=O)c1C. The zero-order valence-electron chi connectivity index (χ0n) is 17.7. The Morgan fingerprint density at radius 2 is 0.909 bits per heavy atom. The number of hydrogen-bond acceptors (Lipinski definition) is 8. The third-order valence-corrected chi connectivity index (χ3v) is 5.30. The third kappa shape index (κ3) is 4.60. The number of hydrogen-bond donors (Lipinski definition) is 0. The zero-order valence-corrected chi connectivity index (χ0v) is 17.7. The Bertz CT molecular complexity index is 1320. The summed E-state index contributed by atoms with van der Waals surface area (Å²) < 4.78 is 0. The summed E-state index contributed by atoms with van der Waals surface area (Å²) >= 11 is 0. The summed E-state index contributed by atoms with van der Waals surface area (Å²) in [5, 5.41) is 0. The van der Waals surface area contributed by atoms with E-state index in [0.29, 0.717) is 45.0 Å². The van der Waals surface area contributed by atoms with Crippen molar-refractivity contribution in [1.29, 1.82) is 0 Å². The molecule has 3 rings (SSSR count). The molecule has 8 nitrogen and oxygen atoms in total. The Kier molecular flexibility index (Phi) is 7.25. The Morgan fingerprint density at radius 3 is 1.30 bits per heavy atom. The highest BCUT2D eigenvalue weighted by atomic mass is 16.1. The van der Waals surface area contributed by atoms with E-state index in [0.717, 1.165) is 5.56 Å². The predicted molar refractivity (Wildman–Crippen MR) is 121 cm³/mol. The molecule has 0 saturated heterocycles. The van der Waals surface area contributed by atoms with Gasteiger partial charge in [-0.05, 0) is 65.9 Å². The van der Waals surface area contributed by atoms with Crippen LogP contribution in [0.15, 0.2) is 74.6 Å². The summed E-state index contributed by atoms with van der Waals surface area (Å²) in [6, 6.07) is 15.4. The molecule has 0 spiro atoms. The van der Waals surface area contributed by atoms with Gasteiger partial charge in [-0.15, -0.1) is 0 Å². The van der Waals surface area contributed by atoms with Crippen LogP contribution in [0.5, 0.6) is 0 Å². The average molecular weight is 436 g/mol. The van der Waals surface area contributed by atoms with Crippen molar-refractivity contribution in [3.05, 3.63) is 82.4 Å². The van der Waals surface area contributed by atoms with Gasteiger partial charge in [-0.1, -0.05) is 30.3 Å². The van der Waals surface area contributed by atoms with Crippen LogP contribution in [0.1, 0.15) is 33.7 Å². The topological polar surface area (TPSA) is 118 Å². The molecule has 0 N–H and O–H groups in total. The quantitative estimate of drug-likeness (QED) is 0.282. The molecule has 0 unspecified atom stereocenters. The van der Waals surface area contributed by atoms with Gasteiger partial charge in [-0.3, -0.25) is 0 Å². The van der Waals surface area contributed by atoms with Crippen LogP contribution in [-0.2, 0) is 19.2 Å². The van der Waals surface area contributed by atoms with Crippen molar-refractivity contribution in [3.63, 3.8) is 0 Å². The van der Waals surface area contributed by atoms with Crippen molar-refractivity contribution >= 4 is 47.1 Å². The molecule has 0 bridgehead atoms. The lowest BCUT2D eigenvalue weighted by atomic mass is 9.79. The molecule has 0 aromatic heterocycles. The average Bonchev–Trinajstić information content (AvgIpc) is 2.82. The molecule has 0 aliphatic rings. The van der Waals surface area contributed by atoms with Gasteiger partial charge >= 0.3 is 0 Å². The summed E-state index contributed by atoms with van der Waals surface area (Å²) in [4.78, 5) is 59.7. The lowest BCUT2D eigenvalue weighted by Crippen LogP contribution is -2.08. The Hall–Kier alpha value is -4.82. The highest BCUT2D eigenvalue weighted by molar-refractivity contribution is 5.74. The number of benzene rings is 3. The number of aliphatic imine (C=N–C) groups is 4. The van der Waals surface area contributed by atoms with Crippen molar-refractivity contribution in [2.45, 2.75) is 19.8 Å². The highest BCUT2D eigenvalue weighted by Crippen LogP contribution is 2.47. The van der Waals surface area contributed by atoms with Crippen LogP contribution in [0, 0.1) is 13.8 Å². The normalized spacial score (nSPS) is 10.6. The largest absolute Gasteiger partial charge is 0.240 e. The Labute approximate surface area is 188 Å². The van der Waals surface area contributed by atoms with Crippen molar-refractivity contribution in [2.24, 2.45) is 20.0 Å². The minimum Gasteiger partial charge on any atom is -0.211 e. The van der Waals surface area contributed by atoms with Gasteiger partial charge in [0.25, 0.3) is 0 Å². The fourth-order valence-corrected chi connectivity index (χ4v) is 3.89. The van der Waals surface area contributed by atoms with Gasteiger partial charge < -0.3 is 0 Å². The summed E-state index contributed by atoms with van der Waals surface area (Å²) in [7, 11) is 0. The van der Waals surface area contributed by atoms with Crippen LogP contribution in [0.2, 0.25) is 0 Å². The van der Waals surface area contributed by atoms with E-state index in [2.05, 4.69) is 20.0 Å². The first kappa shape index (κ1) is 22.9. The van der Waals surface area contributed by atoms with E-state index in [9.17, 15) is 19.2 Å². The molecular formula is C25H16N4O4. The van der Waals surface area contributed by atoms with E-state index in [-0.39, 0.29) is 0 Å². The number of carbonyl (C=O) groups excluding carboxylic acids is 4. The van der Waals surface area contributed by atoms with Crippen LogP contribution in [-0.4, -0.2) is 24.3 Å². The van der Waals surface area contributed by atoms with Crippen molar-refractivity contribution in [1.82, 2.24) is 0 Å². The fraction of sp³-hybridized carbons (Fsp3) is 0.120. The van der Waals surface area contributed by atoms with Gasteiger partial charge in [0.1, 0.15) is 0 Å². The maximum Gasteiger partial charge on any atom is 0.240 e. The van der Waals surface area contributed by atoms with Crippen LogP contribution in [0.4, 0.5) is 22.7 Å². The first-order chi connectivity index (χ1) is 16.1. The first-order valence-corrected chi connectivity index (χ1v) is 9.70. The third-order valence-electron chi connectivity index (χ3n) is 5.30. The molecule has 0 heterocycles. The fourth-order valence-electron chi connectivity index (χ4n) is 3.89. The predicted octanol–water partition coefficient (Wildman–Crippen LogP) is 5.35. The molecule has 0 fully saturated rings. The van der Waals surface area contributed by atoms with Gasteiger partial charge in [-0.2, -0.15) is 20.0 Å². The number of isocyanates is 4. The summed E-state index contributed by atoms with van der Waals surface area (Å²) in [5.41, 5.74) is 4.25. The van der Waals surface area contributed by atoms with E-state index in [1.165, 1.54) is 12.2 Å². The van der Waals surface area contributed by atoms with Crippen molar-refractivity contribution in [3.8, 4) is 0 Å². The van der Waals surface area contributed by atoms with Crippen LogP contribution < -0.4 is 0 Å². The monoisotopic (exact) mass is 436 g/mol. The Balaban J connectivity index is 2.56. The van der Waals surface area contributed by atoms with Crippen molar-refractivity contribution in [2.75, 3.05) is 0 Å². The molecule has 0 saturated carbocycles. The van der Waals surface area contributed by atoms with Gasteiger partial charge in [0.2, 0.25) is 24.3 Å². The molecule has 33 heavy (non-hydrogen) atoms. The lowest BCUT2D eigenvalue weighted by molar-refractivity contribution is 0.564. The second kappa shape index (κ2) is 10.5. The molecule has 0 amide bonds. The lowest BCUT2D eigenvalue weighted by Gasteiger charge is -2.26. The standard InChI is InChI=1S/C25H16N4O4/c1-16-19(26-12-30)8-10-21(28-14-32)23(16)25(18-6-4-3-5-7-18)24-17(2)20(27-13-31)9-11-22(24)29-15-33/h3-11,25H,1-2H3. The molecular weight excluding hydrogens is 420 g/mol. The molecule has 0 radical (unpaired) electrons. The summed E-state index contributed by atoms with van der Waals surface area (Å²) in [5.74, 6) is -0.631. The summed E-state index contributed by atoms with van der Waals surface area (Å²) in [6.45, 7) is 3.47. The molecule has 0 aliphatic heterocycles. The molecule has 160 valence electrons. The van der Waals surface area contributed by atoms with E-state index in [4.69, 9.17) is 0 Å².